The van der Waals surface area contributed by atoms with Crippen LogP contribution in [0.5, 0.6) is 0 Å². The number of imidazole rings is 1. The number of ether oxygens (including phenoxy) is 1. The standard InChI is InChI=1S/C34H41N9O7S2/c1-35-16-17-40-51(46,47)28-10-5-24(6-11-28)25-7-12-29(13-8-25)52(48,49)41-30(33(45)50-3)23-38-32(44)26-9-14-31-27(21-26)22-39-43(31)19-4-15-36-34-37-18-20-42(34)2/h5-14,18,20-22,30,35,40-41H,4,15-17,19,23H2,1-3H3,(H,36,37)(H,38,44)/t30-/m0/s1. The number of likely N-dealkylation sites (N-methyl/N-ethyl adjacent to an activating group) is 1. The Bertz CT molecular complexity index is 2220. The molecule has 0 radical (unpaired) electrons. The second-order valence-electron chi connectivity index (χ2n) is 11.7. The number of carbonyl (C=O) groups is 2. The number of esters is 1. The number of hydrogen-bond donors (Lipinski definition) is 5. The summed E-state index contributed by atoms with van der Waals surface area (Å²) in [6.07, 6.45) is 6.04. The molecule has 1 atom stereocenters. The molecule has 2 aromatic heterocycles. The van der Waals surface area contributed by atoms with Crippen LogP contribution in [0, 0.1) is 0 Å². The summed E-state index contributed by atoms with van der Waals surface area (Å²) in [4.78, 5) is 29.9. The van der Waals surface area contributed by atoms with Crippen LogP contribution in [0.1, 0.15) is 16.8 Å². The van der Waals surface area contributed by atoms with Gasteiger partial charge in [-0.1, -0.05) is 24.3 Å². The van der Waals surface area contributed by atoms with E-state index in [0.29, 0.717) is 36.3 Å². The van der Waals surface area contributed by atoms with Gasteiger partial charge in [0, 0.05) is 63.1 Å². The molecule has 1 amide bonds. The van der Waals surface area contributed by atoms with Crippen LogP contribution in [0.15, 0.2) is 95.1 Å². The highest BCUT2D eigenvalue weighted by molar-refractivity contribution is 7.89. The van der Waals surface area contributed by atoms with Gasteiger partial charge < -0.3 is 25.3 Å². The largest absolute Gasteiger partial charge is 0.468 e. The molecule has 16 nitrogen and oxygen atoms in total. The molecule has 0 aliphatic heterocycles. The van der Waals surface area contributed by atoms with Crippen LogP contribution in [0.4, 0.5) is 5.95 Å². The molecule has 3 aromatic carbocycles. The molecule has 0 aliphatic rings. The van der Waals surface area contributed by atoms with Crippen LogP contribution in [0.25, 0.3) is 22.0 Å². The number of nitrogens with zero attached hydrogens (tertiary/aromatic N) is 4. The lowest BCUT2D eigenvalue weighted by Gasteiger charge is -2.17. The van der Waals surface area contributed by atoms with Crippen molar-refractivity contribution >= 4 is 48.8 Å². The zero-order valence-corrected chi connectivity index (χ0v) is 30.5. The quantitative estimate of drug-likeness (QED) is 0.0643. The van der Waals surface area contributed by atoms with Crippen molar-refractivity contribution in [3.8, 4) is 11.1 Å². The summed E-state index contributed by atoms with van der Waals surface area (Å²) in [5.74, 6) is -0.618. The second kappa shape index (κ2) is 16.9. The van der Waals surface area contributed by atoms with Crippen LogP contribution >= 0.6 is 0 Å². The van der Waals surface area contributed by atoms with Crippen LogP contribution in [-0.4, -0.2) is 94.4 Å². The Morgan fingerprint density at radius 1 is 0.885 bits per heavy atom. The summed E-state index contributed by atoms with van der Waals surface area (Å²) in [7, 11) is -3.15. The predicted molar refractivity (Wildman–Crippen MR) is 195 cm³/mol. The highest BCUT2D eigenvalue weighted by Crippen LogP contribution is 2.23. The minimum atomic E-state index is -4.23. The first kappa shape index (κ1) is 38.1. The SMILES string of the molecule is CNCCNS(=O)(=O)c1ccc(-c2ccc(S(=O)(=O)N[C@@H](CNC(=O)c3ccc4c(cnn4CCCNc4nccn4C)c3)C(=O)OC)cc2)cc1. The molecular weight excluding hydrogens is 711 g/mol. The average Bonchev–Trinajstić information content (AvgIpc) is 3.76. The van der Waals surface area contributed by atoms with Gasteiger partial charge in [0.1, 0.15) is 6.04 Å². The number of rotatable bonds is 18. The van der Waals surface area contributed by atoms with Crippen molar-refractivity contribution in [2.45, 2.75) is 28.8 Å². The number of nitrogens with one attached hydrogen (secondary N) is 5. The number of aromatic nitrogens is 4. The van der Waals surface area contributed by atoms with Crippen molar-refractivity contribution in [1.82, 2.24) is 39.4 Å². The number of fused-ring (bicyclic) bond motifs is 1. The van der Waals surface area contributed by atoms with Gasteiger partial charge in [0.2, 0.25) is 26.0 Å². The number of sulfonamides is 2. The van der Waals surface area contributed by atoms with E-state index in [1.54, 1.807) is 61.9 Å². The van der Waals surface area contributed by atoms with Crippen LogP contribution in [0.3, 0.4) is 0 Å². The summed E-state index contributed by atoms with van der Waals surface area (Å²) in [5.41, 5.74) is 2.46. The second-order valence-corrected chi connectivity index (χ2v) is 15.2. The monoisotopic (exact) mass is 751 g/mol. The summed E-state index contributed by atoms with van der Waals surface area (Å²) in [6.45, 7) is 1.69. The van der Waals surface area contributed by atoms with E-state index in [1.807, 2.05) is 22.5 Å². The van der Waals surface area contributed by atoms with Crippen LogP contribution in [0.2, 0.25) is 0 Å². The van der Waals surface area contributed by atoms with Crippen molar-refractivity contribution in [1.29, 1.82) is 0 Å². The highest BCUT2D eigenvalue weighted by atomic mass is 32.2. The van der Waals surface area contributed by atoms with Crippen molar-refractivity contribution in [2.24, 2.45) is 7.05 Å². The molecule has 0 fully saturated rings. The van der Waals surface area contributed by atoms with E-state index in [-0.39, 0.29) is 22.9 Å². The lowest BCUT2D eigenvalue weighted by Crippen LogP contribution is -2.48. The third kappa shape index (κ3) is 9.39. The topological polar surface area (TPSA) is 207 Å². The maximum absolute atomic E-state index is 13.3. The maximum atomic E-state index is 13.3. The van der Waals surface area contributed by atoms with Crippen LogP contribution < -0.4 is 25.4 Å². The number of methoxy groups -OCH3 is 1. The molecular formula is C34H41N9O7S2. The normalized spacial score (nSPS) is 12.4. The molecule has 5 rings (SSSR count). The molecule has 0 aliphatic carbocycles. The Balaban J connectivity index is 1.18. The fourth-order valence-electron chi connectivity index (χ4n) is 5.29. The first-order valence-electron chi connectivity index (χ1n) is 16.3. The van der Waals surface area contributed by atoms with E-state index < -0.39 is 38.0 Å². The zero-order chi connectivity index (χ0) is 37.3. The van der Waals surface area contributed by atoms with Gasteiger partial charge in [0.05, 0.1) is 28.6 Å². The molecule has 0 bridgehead atoms. The number of hydrogen-bond acceptors (Lipinski definition) is 11. The Hall–Kier alpha value is -5.14. The lowest BCUT2D eigenvalue weighted by molar-refractivity contribution is -0.142. The molecule has 18 heteroatoms. The first-order chi connectivity index (χ1) is 24.9. The summed E-state index contributed by atoms with van der Waals surface area (Å²) in [5, 5.41) is 13.9. The van der Waals surface area contributed by atoms with Crippen molar-refractivity contribution < 1.29 is 31.2 Å². The summed E-state index contributed by atoms with van der Waals surface area (Å²) in [6, 6.07) is 15.7. The van der Waals surface area contributed by atoms with Gasteiger partial charge >= 0.3 is 5.97 Å². The molecule has 5 N–H and O–H groups in total. The first-order valence-corrected chi connectivity index (χ1v) is 19.3. The number of carbonyl (C=O) groups excluding carboxylic acids is 2. The van der Waals surface area contributed by atoms with Gasteiger partial charge in [-0.3, -0.25) is 14.3 Å². The Kier molecular flexibility index (Phi) is 12.4. The van der Waals surface area contributed by atoms with E-state index in [4.69, 9.17) is 4.74 Å². The van der Waals surface area contributed by atoms with E-state index in [0.717, 1.165) is 30.4 Å². The molecule has 276 valence electrons. The van der Waals surface area contributed by atoms with Gasteiger partial charge in [-0.15, -0.1) is 0 Å². The third-order valence-corrected chi connectivity index (χ3v) is 11.1. The molecule has 5 aromatic rings. The van der Waals surface area contributed by atoms with Crippen LogP contribution in [-0.2, 0) is 43.2 Å². The minimum absolute atomic E-state index is 0.102. The van der Waals surface area contributed by atoms with Crippen molar-refractivity contribution in [3.63, 3.8) is 0 Å². The van der Waals surface area contributed by atoms with Gasteiger partial charge in [0.15, 0.2) is 0 Å². The van der Waals surface area contributed by atoms with Gasteiger partial charge in [0.25, 0.3) is 5.91 Å². The minimum Gasteiger partial charge on any atom is -0.468 e. The fraction of sp³-hybridized carbons (Fsp3) is 0.294. The predicted octanol–water partition coefficient (Wildman–Crippen LogP) is 1.69. The smallest absolute Gasteiger partial charge is 0.325 e. The molecule has 0 unspecified atom stereocenters. The summed E-state index contributed by atoms with van der Waals surface area (Å²) < 4.78 is 64.9. The van der Waals surface area contributed by atoms with Crippen molar-refractivity contribution in [2.75, 3.05) is 45.7 Å². The Labute approximate surface area is 302 Å². The Morgan fingerprint density at radius 2 is 1.56 bits per heavy atom. The van der Waals surface area contributed by atoms with Gasteiger partial charge in [-0.2, -0.15) is 9.82 Å². The Morgan fingerprint density at radius 3 is 2.17 bits per heavy atom. The van der Waals surface area contributed by atoms with E-state index in [2.05, 4.69) is 35.5 Å². The lowest BCUT2D eigenvalue weighted by atomic mass is 10.1. The van der Waals surface area contributed by atoms with E-state index in [9.17, 15) is 26.4 Å². The fourth-order valence-corrected chi connectivity index (χ4v) is 7.50. The average molecular weight is 752 g/mol. The molecule has 52 heavy (non-hydrogen) atoms. The van der Waals surface area contributed by atoms with Gasteiger partial charge in [-0.25, -0.2) is 26.5 Å². The highest BCUT2D eigenvalue weighted by Gasteiger charge is 2.27. The molecule has 2 heterocycles. The van der Waals surface area contributed by atoms with E-state index >= 15 is 0 Å². The maximum Gasteiger partial charge on any atom is 0.325 e. The molecule has 0 saturated carbocycles. The van der Waals surface area contributed by atoms with Gasteiger partial charge in [-0.05, 0) is 67.1 Å². The number of amides is 1. The zero-order valence-electron chi connectivity index (χ0n) is 28.9. The third-order valence-electron chi connectivity index (χ3n) is 8.13. The van der Waals surface area contributed by atoms with Crippen molar-refractivity contribution in [3.05, 3.63) is 90.9 Å². The number of anilines is 1. The number of benzene rings is 3. The van der Waals surface area contributed by atoms with E-state index in [1.165, 1.54) is 24.3 Å². The summed E-state index contributed by atoms with van der Waals surface area (Å²) >= 11 is 0. The molecule has 0 spiro atoms. The number of aryl methyl sites for hydroxylation is 2. The molecule has 0 saturated heterocycles.